The van der Waals surface area contributed by atoms with Crippen molar-refractivity contribution in [2.45, 2.75) is 31.5 Å². The van der Waals surface area contributed by atoms with Gasteiger partial charge in [-0.05, 0) is 42.0 Å². The third-order valence-electron chi connectivity index (χ3n) is 5.96. The highest BCUT2D eigenvalue weighted by Gasteiger charge is 2.40. The maximum atomic E-state index is 15.9. The van der Waals surface area contributed by atoms with Gasteiger partial charge in [0.25, 0.3) is 5.91 Å². The summed E-state index contributed by atoms with van der Waals surface area (Å²) in [5.41, 5.74) is -0.191. The molecular weight excluding hydrogens is 463 g/mol. The SMILES string of the molecule is O=C1CN(c2c(OCc3ccccc3)cc3ccc(OCCC4(O)CC4)cc3c2F)S(=O)(=O)N1. The van der Waals surface area contributed by atoms with E-state index in [9.17, 15) is 18.3 Å². The Labute approximate surface area is 196 Å². The highest BCUT2D eigenvalue weighted by molar-refractivity contribution is 7.92. The summed E-state index contributed by atoms with van der Waals surface area (Å²) < 4.78 is 55.0. The zero-order chi connectivity index (χ0) is 23.9. The summed E-state index contributed by atoms with van der Waals surface area (Å²) in [6.45, 7) is -0.201. The molecule has 0 unspecified atom stereocenters. The molecule has 8 nitrogen and oxygen atoms in total. The number of fused-ring (bicyclic) bond motifs is 1. The van der Waals surface area contributed by atoms with Crippen molar-refractivity contribution in [1.82, 2.24) is 4.72 Å². The number of rotatable bonds is 8. The maximum Gasteiger partial charge on any atom is 0.326 e. The minimum atomic E-state index is -4.26. The minimum Gasteiger partial charge on any atom is -0.493 e. The number of carbonyl (C=O) groups excluding carboxylic acids is 1. The first-order valence-electron chi connectivity index (χ1n) is 10.9. The molecule has 0 spiro atoms. The van der Waals surface area contributed by atoms with Gasteiger partial charge in [-0.15, -0.1) is 0 Å². The number of aliphatic hydroxyl groups is 1. The topological polar surface area (TPSA) is 105 Å². The summed E-state index contributed by atoms with van der Waals surface area (Å²) in [5.74, 6) is -1.22. The largest absolute Gasteiger partial charge is 0.493 e. The van der Waals surface area contributed by atoms with Gasteiger partial charge in [-0.2, -0.15) is 8.42 Å². The van der Waals surface area contributed by atoms with E-state index in [1.54, 1.807) is 18.2 Å². The van der Waals surface area contributed by atoms with Crippen molar-refractivity contribution in [2.75, 3.05) is 17.5 Å². The van der Waals surface area contributed by atoms with Crippen molar-refractivity contribution in [3.05, 3.63) is 66.0 Å². The summed E-state index contributed by atoms with van der Waals surface area (Å²) in [5, 5.41) is 10.6. The van der Waals surface area contributed by atoms with Crippen LogP contribution in [0.25, 0.3) is 10.8 Å². The quantitative estimate of drug-likeness (QED) is 0.507. The van der Waals surface area contributed by atoms with Gasteiger partial charge in [-0.1, -0.05) is 36.4 Å². The Morgan fingerprint density at radius 2 is 1.85 bits per heavy atom. The lowest BCUT2D eigenvalue weighted by Gasteiger charge is -2.21. The summed E-state index contributed by atoms with van der Waals surface area (Å²) in [7, 11) is -4.26. The number of nitrogens with zero attached hydrogens (tertiary/aromatic N) is 1. The zero-order valence-corrected chi connectivity index (χ0v) is 19.0. The molecule has 1 heterocycles. The lowest BCUT2D eigenvalue weighted by Crippen LogP contribution is -2.30. The van der Waals surface area contributed by atoms with Crippen LogP contribution in [0.2, 0.25) is 0 Å². The van der Waals surface area contributed by atoms with Gasteiger partial charge in [0.1, 0.15) is 30.3 Å². The summed E-state index contributed by atoms with van der Waals surface area (Å²) in [6.07, 6.45) is 1.97. The molecule has 10 heteroatoms. The van der Waals surface area contributed by atoms with Crippen LogP contribution in [0.4, 0.5) is 10.1 Å². The van der Waals surface area contributed by atoms with Crippen LogP contribution in [0.15, 0.2) is 54.6 Å². The van der Waals surface area contributed by atoms with Crippen LogP contribution in [0, 0.1) is 5.82 Å². The molecule has 1 aliphatic carbocycles. The number of hydrogen-bond acceptors (Lipinski definition) is 6. The van der Waals surface area contributed by atoms with E-state index in [1.165, 1.54) is 6.07 Å². The van der Waals surface area contributed by atoms with Crippen LogP contribution in [0.5, 0.6) is 11.5 Å². The fourth-order valence-electron chi connectivity index (χ4n) is 3.86. The molecule has 1 aliphatic heterocycles. The van der Waals surface area contributed by atoms with Crippen molar-refractivity contribution in [3.8, 4) is 11.5 Å². The number of nitrogens with one attached hydrogen (secondary N) is 1. The Morgan fingerprint density at radius 1 is 1.09 bits per heavy atom. The van der Waals surface area contributed by atoms with Crippen LogP contribution < -0.4 is 18.5 Å². The van der Waals surface area contributed by atoms with E-state index in [0.29, 0.717) is 21.9 Å². The number of carbonyl (C=O) groups is 1. The number of benzene rings is 3. The second-order valence-electron chi connectivity index (χ2n) is 8.55. The molecule has 2 fully saturated rings. The van der Waals surface area contributed by atoms with Gasteiger partial charge in [0, 0.05) is 11.8 Å². The van der Waals surface area contributed by atoms with Crippen LogP contribution in [-0.2, 0) is 21.6 Å². The smallest absolute Gasteiger partial charge is 0.326 e. The Hall–Kier alpha value is -3.37. The lowest BCUT2D eigenvalue weighted by atomic mass is 10.1. The predicted octanol–water partition coefficient (Wildman–Crippen LogP) is 3.03. The van der Waals surface area contributed by atoms with E-state index in [-0.39, 0.29) is 30.0 Å². The molecule has 2 N–H and O–H groups in total. The van der Waals surface area contributed by atoms with Gasteiger partial charge in [-0.3, -0.25) is 4.79 Å². The maximum absolute atomic E-state index is 15.9. The van der Waals surface area contributed by atoms with Gasteiger partial charge >= 0.3 is 10.2 Å². The molecule has 178 valence electrons. The van der Waals surface area contributed by atoms with Crippen molar-refractivity contribution < 1.29 is 32.2 Å². The van der Waals surface area contributed by atoms with Crippen LogP contribution >= 0.6 is 0 Å². The molecule has 0 aromatic heterocycles. The molecule has 3 aromatic rings. The molecule has 3 aromatic carbocycles. The van der Waals surface area contributed by atoms with Gasteiger partial charge in [0.15, 0.2) is 5.82 Å². The number of amides is 1. The predicted molar refractivity (Wildman–Crippen MR) is 123 cm³/mol. The summed E-state index contributed by atoms with van der Waals surface area (Å²) in [6, 6.07) is 15.5. The molecule has 5 rings (SSSR count). The molecule has 34 heavy (non-hydrogen) atoms. The first-order valence-corrected chi connectivity index (χ1v) is 12.3. The van der Waals surface area contributed by atoms with Crippen LogP contribution in [0.1, 0.15) is 24.8 Å². The molecule has 0 radical (unpaired) electrons. The molecule has 2 aliphatic rings. The second-order valence-corrected chi connectivity index (χ2v) is 10.1. The third kappa shape index (κ3) is 4.51. The fourth-order valence-corrected chi connectivity index (χ4v) is 5.02. The molecular formula is C24H23FN2O6S. The van der Waals surface area contributed by atoms with E-state index in [0.717, 1.165) is 18.4 Å². The third-order valence-corrected chi connectivity index (χ3v) is 7.34. The first kappa shape index (κ1) is 22.4. The van der Waals surface area contributed by atoms with Crippen molar-refractivity contribution >= 4 is 32.6 Å². The standard InChI is InChI=1S/C24H23FN2O6S/c25-22-19-13-18(32-11-10-24(29)8-9-24)7-6-17(19)12-20(33-15-16-4-2-1-3-5-16)23(22)27-14-21(28)26-34(27,30)31/h1-7,12-13,29H,8-11,14-15H2,(H,26,28). The van der Waals surface area contributed by atoms with E-state index >= 15 is 4.39 Å². The van der Waals surface area contributed by atoms with E-state index in [1.807, 2.05) is 35.1 Å². The monoisotopic (exact) mass is 486 g/mol. The first-order chi connectivity index (χ1) is 16.2. The summed E-state index contributed by atoms with van der Waals surface area (Å²) >= 11 is 0. The molecule has 0 atom stereocenters. The molecule has 1 saturated heterocycles. The number of anilines is 1. The fraction of sp³-hybridized carbons (Fsp3) is 0.292. The van der Waals surface area contributed by atoms with Gasteiger partial charge in [0.05, 0.1) is 12.2 Å². The minimum absolute atomic E-state index is 0.00134. The number of hydrogen-bond donors (Lipinski definition) is 2. The molecule has 0 bridgehead atoms. The molecule has 1 saturated carbocycles. The van der Waals surface area contributed by atoms with Crippen LogP contribution in [0.3, 0.4) is 0 Å². The summed E-state index contributed by atoms with van der Waals surface area (Å²) in [4.78, 5) is 11.8. The number of halogens is 1. The normalized spacial score (nSPS) is 18.1. The second kappa shape index (κ2) is 8.44. The average Bonchev–Trinajstić information content (AvgIpc) is 3.47. The van der Waals surface area contributed by atoms with Gasteiger partial charge in [-0.25, -0.2) is 13.4 Å². The zero-order valence-electron chi connectivity index (χ0n) is 18.2. The Balaban J connectivity index is 1.52. The average molecular weight is 487 g/mol. The van der Waals surface area contributed by atoms with Crippen molar-refractivity contribution in [2.24, 2.45) is 0 Å². The Morgan fingerprint density at radius 3 is 2.53 bits per heavy atom. The Bertz CT molecular complexity index is 1360. The highest BCUT2D eigenvalue weighted by atomic mass is 32.2. The van der Waals surface area contributed by atoms with Crippen molar-refractivity contribution in [1.29, 1.82) is 0 Å². The highest BCUT2D eigenvalue weighted by Crippen LogP contribution is 2.41. The van der Waals surface area contributed by atoms with E-state index in [2.05, 4.69) is 0 Å². The molecule has 1 amide bonds. The Kier molecular flexibility index (Phi) is 5.57. The van der Waals surface area contributed by atoms with Gasteiger partial charge < -0.3 is 14.6 Å². The van der Waals surface area contributed by atoms with E-state index < -0.39 is 34.1 Å². The van der Waals surface area contributed by atoms with E-state index in [4.69, 9.17) is 9.47 Å². The van der Waals surface area contributed by atoms with Gasteiger partial charge in [0.2, 0.25) is 0 Å². The lowest BCUT2D eigenvalue weighted by molar-refractivity contribution is -0.117. The number of ether oxygens (including phenoxy) is 2. The van der Waals surface area contributed by atoms with Crippen LogP contribution in [-0.4, -0.2) is 38.2 Å². The van der Waals surface area contributed by atoms with Crippen molar-refractivity contribution in [3.63, 3.8) is 0 Å².